The normalized spacial score (nSPS) is 17.1. The van der Waals surface area contributed by atoms with Crippen LogP contribution in [0.25, 0.3) is 0 Å². The summed E-state index contributed by atoms with van der Waals surface area (Å²) in [6.45, 7) is 0. The molecule has 0 heterocycles. The molecule has 1 atom stereocenters. The summed E-state index contributed by atoms with van der Waals surface area (Å²) in [4.78, 5) is 23.6. The van der Waals surface area contributed by atoms with Crippen LogP contribution in [0.5, 0.6) is 0 Å². The van der Waals surface area contributed by atoms with E-state index in [1.165, 1.54) is 14.2 Å². The summed E-state index contributed by atoms with van der Waals surface area (Å²) in [7, 11) is 2.79. The van der Waals surface area contributed by atoms with Crippen molar-refractivity contribution < 1.29 is 19.1 Å². The van der Waals surface area contributed by atoms with E-state index in [1.807, 2.05) is 36.4 Å². The Balaban J connectivity index is 2.31. The fourth-order valence-electron chi connectivity index (χ4n) is 2.89. The number of esters is 2. The minimum absolute atomic E-state index is 0.0219. The quantitative estimate of drug-likeness (QED) is 0.782. The molecular weight excluding hydrogens is 292 g/mol. The first-order chi connectivity index (χ1) is 11.2. The Hall–Kier alpha value is -2.36. The topological polar surface area (TPSA) is 52.6 Å². The molecule has 1 aromatic rings. The number of carbonyl (C=O) groups excluding carboxylic acids is 2. The lowest BCUT2D eigenvalue weighted by molar-refractivity contribution is -0.140. The van der Waals surface area contributed by atoms with E-state index in [2.05, 4.69) is 6.08 Å². The third-order valence-corrected chi connectivity index (χ3v) is 4.09. The van der Waals surface area contributed by atoms with Crippen molar-refractivity contribution in [1.29, 1.82) is 0 Å². The summed E-state index contributed by atoms with van der Waals surface area (Å²) in [5, 5.41) is 0. The smallest absolute Gasteiger partial charge is 0.334 e. The van der Waals surface area contributed by atoms with Crippen LogP contribution in [-0.2, 0) is 25.5 Å². The summed E-state index contributed by atoms with van der Waals surface area (Å²) in [5.74, 6) is -0.554. The Morgan fingerprint density at radius 1 is 1.17 bits per heavy atom. The fraction of sp³-hybridized carbons (Fsp3) is 0.368. The molecule has 0 saturated carbocycles. The average Bonchev–Trinajstić information content (AvgIpc) is 2.85. The zero-order chi connectivity index (χ0) is 16.7. The van der Waals surface area contributed by atoms with Gasteiger partial charge in [-0.3, -0.25) is 4.79 Å². The predicted molar refractivity (Wildman–Crippen MR) is 88.0 cm³/mol. The van der Waals surface area contributed by atoms with Crippen LogP contribution in [0.2, 0.25) is 0 Å². The molecule has 0 N–H and O–H groups in total. The third kappa shape index (κ3) is 4.31. The maximum Gasteiger partial charge on any atom is 0.334 e. The number of aryl methyl sites for hydroxylation is 1. The van der Waals surface area contributed by atoms with Crippen LogP contribution >= 0.6 is 0 Å². The van der Waals surface area contributed by atoms with E-state index in [1.54, 1.807) is 0 Å². The van der Waals surface area contributed by atoms with E-state index in [0.29, 0.717) is 18.4 Å². The second-order valence-corrected chi connectivity index (χ2v) is 5.45. The van der Waals surface area contributed by atoms with Gasteiger partial charge in [0.15, 0.2) is 0 Å². The molecule has 23 heavy (non-hydrogen) atoms. The molecule has 1 aromatic carbocycles. The van der Waals surface area contributed by atoms with Gasteiger partial charge in [0, 0.05) is 17.9 Å². The maximum absolute atomic E-state index is 12.1. The number of ether oxygens (including phenoxy) is 2. The zero-order valence-electron chi connectivity index (χ0n) is 13.6. The van der Waals surface area contributed by atoms with Crippen LogP contribution in [0, 0.1) is 0 Å². The van der Waals surface area contributed by atoms with Gasteiger partial charge in [-0.1, -0.05) is 42.5 Å². The van der Waals surface area contributed by atoms with E-state index in [0.717, 1.165) is 24.0 Å². The number of hydrogen-bond donors (Lipinski definition) is 0. The molecule has 0 amide bonds. The Morgan fingerprint density at radius 2 is 1.96 bits per heavy atom. The molecule has 122 valence electrons. The Bertz CT molecular complexity index is 628. The van der Waals surface area contributed by atoms with Crippen molar-refractivity contribution in [1.82, 2.24) is 0 Å². The summed E-state index contributed by atoms with van der Waals surface area (Å²) >= 11 is 0. The molecule has 1 aliphatic carbocycles. The molecule has 4 heteroatoms. The molecule has 0 radical (unpaired) electrons. The minimum atomic E-state index is -0.302. The second kappa shape index (κ2) is 8.32. The van der Waals surface area contributed by atoms with E-state index < -0.39 is 0 Å². The molecule has 0 spiro atoms. The Kier molecular flexibility index (Phi) is 6.15. The maximum atomic E-state index is 12.1. The highest BCUT2D eigenvalue weighted by molar-refractivity contribution is 5.90. The molecule has 0 saturated heterocycles. The summed E-state index contributed by atoms with van der Waals surface area (Å²) in [6, 6.07) is 7.95. The zero-order valence-corrected chi connectivity index (χ0v) is 13.6. The monoisotopic (exact) mass is 314 g/mol. The van der Waals surface area contributed by atoms with Gasteiger partial charge in [-0.25, -0.2) is 4.79 Å². The Labute approximate surface area is 136 Å². The van der Waals surface area contributed by atoms with Crippen LogP contribution in [0.3, 0.4) is 0 Å². The van der Waals surface area contributed by atoms with Crippen LogP contribution < -0.4 is 0 Å². The van der Waals surface area contributed by atoms with Crippen molar-refractivity contribution in [2.24, 2.45) is 0 Å². The van der Waals surface area contributed by atoms with E-state index in [9.17, 15) is 9.59 Å². The first kappa shape index (κ1) is 17.0. The van der Waals surface area contributed by atoms with Crippen molar-refractivity contribution in [3.05, 3.63) is 59.2 Å². The number of hydrogen-bond acceptors (Lipinski definition) is 4. The van der Waals surface area contributed by atoms with Crippen molar-refractivity contribution >= 4 is 11.9 Å². The minimum Gasteiger partial charge on any atom is -0.469 e. The third-order valence-electron chi connectivity index (χ3n) is 4.09. The molecule has 0 aliphatic heterocycles. The van der Waals surface area contributed by atoms with Gasteiger partial charge in [-0.15, -0.1) is 0 Å². The molecule has 0 bridgehead atoms. The number of carbonyl (C=O) groups is 2. The van der Waals surface area contributed by atoms with Gasteiger partial charge >= 0.3 is 11.9 Å². The first-order valence-corrected chi connectivity index (χ1v) is 7.77. The highest BCUT2D eigenvalue weighted by Crippen LogP contribution is 2.34. The lowest BCUT2D eigenvalue weighted by atomic mass is 9.84. The van der Waals surface area contributed by atoms with Crippen molar-refractivity contribution in [2.45, 2.75) is 31.6 Å². The van der Waals surface area contributed by atoms with Crippen LogP contribution in [0.15, 0.2) is 48.1 Å². The van der Waals surface area contributed by atoms with Crippen molar-refractivity contribution in [3.8, 4) is 0 Å². The highest BCUT2D eigenvalue weighted by atomic mass is 16.5. The molecule has 1 aliphatic rings. The van der Waals surface area contributed by atoms with Crippen LogP contribution in [-0.4, -0.2) is 26.2 Å². The van der Waals surface area contributed by atoms with Gasteiger partial charge in [0.2, 0.25) is 0 Å². The van der Waals surface area contributed by atoms with E-state index in [4.69, 9.17) is 9.47 Å². The SMILES string of the molecule is COC(=O)CCc1ccccc1C1CCC=CC=C1C(=O)OC. The summed E-state index contributed by atoms with van der Waals surface area (Å²) < 4.78 is 9.66. The second-order valence-electron chi connectivity index (χ2n) is 5.45. The summed E-state index contributed by atoms with van der Waals surface area (Å²) in [6.07, 6.45) is 8.46. The van der Waals surface area contributed by atoms with Crippen molar-refractivity contribution in [3.63, 3.8) is 0 Å². The van der Waals surface area contributed by atoms with Gasteiger partial charge in [-0.2, -0.15) is 0 Å². The highest BCUT2D eigenvalue weighted by Gasteiger charge is 2.25. The van der Waals surface area contributed by atoms with Gasteiger partial charge < -0.3 is 9.47 Å². The lowest BCUT2D eigenvalue weighted by Crippen LogP contribution is -2.15. The molecule has 2 rings (SSSR count). The van der Waals surface area contributed by atoms with Gasteiger partial charge in [0.05, 0.1) is 14.2 Å². The Morgan fingerprint density at radius 3 is 2.70 bits per heavy atom. The standard InChI is InChI=1S/C19H22O4/c1-22-18(20)13-12-14-8-6-7-9-15(14)16-10-4-3-5-11-17(16)19(21)23-2/h3,5-9,11,16H,4,10,12-13H2,1-2H3. The molecule has 4 nitrogen and oxygen atoms in total. The van der Waals surface area contributed by atoms with Gasteiger partial charge in [0.25, 0.3) is 0 Å². The van der Waals surface area contributed by atoms with Crippen molar-refractivity contribution in [2.75, 3.05) is 14.2 Å². The number of allylic oxidation sites excluding steroid dienone is 3. The number of rotatable bonds is 5. The van der Waals surface area contributed by atoms with Gasteiger partial charge in [-0.05, 0) is 30.4 Å². The molecular formula is C19H22O4. The average molecular weight is 314 g/mol. The summed E-state index contributed by atoms with van der Waals surface area (Å²) in [5.41, 5.74) is 2.81. The van der Waals surface area contributed by atoms with Gasteiger partial charge in [0.1, 0.15) is 0 Å². The van der Waals surface area contributed by atoms with E-state index >= 15 is 0 Å². The van der Waals surface area contributed by atoms with E-state index in [-0.39, 0.29) is 17.9 Å². The first-order valence-electron chi connectivity index (χ1n) is 7.77. The number of benzene rings is 1. The van der Waals surface area contributed by atoms with Crippen LogP contribution in [0.1, 0.15) is 36.3 Å². The van der Waals surface area contributed by atoms with Crippen LogP contribution in [0.4, 0.5) is 0 Å². The fourth-order valence-corrected chi connectivity index (χ4v) is 2.89. The lowest BCUT2D eigenvalue weighted by Gasteiger charge is -2.21. The number of methoxy groups -OCH3 is 2. The predicted octanol–water partition coefficient (Wildman–Crippen LogP) is 3.33. The molecule has 0 aromatic heterocycles. The largest absolute Gasteiger partial charge is 0.469 e. The molecule has 1 unspecified atom stereocenters. The molecule has 0 fully saturated rings.